The number of piperazine rings is 1. The van der Waals surface area contributed by atoms with E-state index >= 15 is 0 Å². The third-order valence-electron chi connectivity index (χ3n) is 3.79. The van der Waals surface area contributed by atoms with Gasteiger partial charge in [0.25, 0.3) is 0 Å². The van der Waals surface area contributed by atoms with E-state index in [1.165, 1.54) is 0 Å². The van der Waals surface area contributed by atoms with Crippen LogP contribution in [0.25, 0.3) is 0 Å². The van der Waals surface area contributed by atoms with Crippen LogP contribution in [0.2, 0.25) is 10.0 Å². The molecule has 0 bridgehead atoms. The standard InChI is InChI=1S/C15H19Cl2N3/c1-2-14(10-18)20-7-5-19(6-8-20)11-12-3-4-13(16)9-15(12)17/h3-4,9,14H,2,5-8,11H2,1H3. The SMILES string of the molecule is CCC(C#N)N1CCN(Cc2ccc(Cl)cc2Cl)CC1. The largest absolute Gasteiger partial charge is 0.296 e. The summed E-state index contributed by atoms with van der Waals surface area (Å²) in [6.07, 6.45) is 0.888. The molecule has 3 nitrogen and oxygen atoms in total. The first kappa shape index (κ1) is 15.6. The van der Waals surface area contributed by atoms with E-state index in [0.717, 1.165) is 49.7 Å². The molecular formula is C15H19Cl2N3. The van der Waals surface area contributed by atoms with E-state index in [9.17, 15) is 0 Å². The zero-order valence-corrected chi connectivity index (χ0v) is 13.2. The van der Waals surface area contributed by atoms with Crippen LogP contribution < -0.4 is 0 Å². The van der Waals surface area contributed by atoms with Crippen molar-refractivity contribution in [1.82, 2.24) is 9.80 Å². The summed E-state index contributed by atoms with van der Waals surface area (Å²) >= 11 is 12.1. The maximum absolute atomic E-state index is 9.11. The van der Waals surface area contributed by atoms with Crippen molar-refractivity contribution in [3.63, 3.8) is 0 Å². The van der Waals surface area contributed by atoms with Crippen LogP contribution in [0.3, 0.4) is 0 Å². The van der Waals surface area contributed by atoms with Gasteiger partial charge < -0.3 is 0 Å². The Hall–Kier alpha value is -0.790. The van der Waals surface area contributed by atoms with Gasteiger partial charge in [-0.3, -0.25) is 9.80 Å². The summed E-state index contributed by atoms with van der Waals surface area (Å²) in [5.74, 6) is 0. The third kappa shape index (κ3) is 3.86. The van der Waals surface area contributed by atoms with Crippen molar-refractivity contribution in [3.8, 4) is 6.07 Å². The van der Waals surface area contributed by atoms with Gasteiger partial charge in [-0.05, 0) is 24.1 Å². The number of hydrogen-bond donors (Lipinski definition) is 0. The highest BCUT2D eigenvalue weighted by Gasteiger charge is 2.22. The molecule has 1 saturated heterocycles. The van der Waals surface area contributed by atoms with Crippen LogP contribution in [0, 0.1) is 11.3 Å². The molecule has 108 valence electrons. The maximum atomic E-state index is 9.11. The molecule has 2 rings (SSSR count). The van der Waals surface area contributed by atoms with Crippen LogP contribution in [0.15, 0.2) is 18.2 Å². The molecule has 1 aromatic carbocycles. The second-order valence-corrected chi connectivity index (χ2v) is 5.94. The predicted octanol–water partition coefficient (Wildman–Crippen LogP) is 3.41. The van der Waals surface area contributed by atoms with Crippen LogP contribution in [0.1, 0.15) is 18.9 Å². The van der Waals surface area contributed by atoms with E-state index in [2.05, 4.69) is 22.8 Å². The van der Waals surface area contributed by atoms with E-state index in [-0.39, 0.29) is 6.04 Å². The number of halogens is 2. The number of hydrogen-bond acceptors (Lipinski definition) is 3. The maximum Gasteiger partial charge on any atom is 0.0976 e. The summed E-state index contributed by atoms with van der Waals surface area (Å²) in [6, 6.07) is 8.08. The van der Waals surface area contributed by atoms with Crippen molar-refractivity contribution >= 4 is 23.2 Å². The number of nitrogens with zero attached hydrogens (tertiary/aromatic N) is 3. The van der Waals surface area contributed by atoms with Gasteiger partial charge in [-0.15, -0.1) is 0 Å². The highest BCUT2D eigenvalue weighted by molar-refractivity contribution is 6.35. The van der Waals surface area contributed by atoms with Gasteiger partial charge in [-0.1, -0.05) is 36.2 Å². The Balaban J connectivity index is 1.90. The number of benzene rings is 1. The van der Waals surface area contributed by atoms with Crippen molar-refractivity contribution in [2.24, 2.45) is 0 Å². The molecule has 0 aromatic heterocycles. The van der Waals surface area contributed by atoms with Crippen LogP contribution in [-0.2, 0) is 6.54 Å². The molecule has 5 heteroatoms. The minimum Gasteiger partial charge on any atom is -0.296 e. The molecule has 1 aromatic rings. The van der Waals surface area contributed by atoms with Gasteiger partial charge in [0.05, 0.1) is 12.1 Å². The van der Waals surface area contributed by atoms with Crippen molar-refractivity contribution in [3.05, 3.63) is 33.8 Å². The minimum absolute atomic E-state index is 0.0521. The quantitative estimate of drug-likeness (QED) is 0.853. The van der Waals surface area contributed by atoms with Crippen molar-refractivity contribution < 1.29 is 0 Å². The van der Waals surface area contributed by atoms with Crippen LogP contribution >= 0.6 is 23.2 Å². The van der Waals surface area contributed by atoms with E-state index in [1.807, 2.05) is 12.1 Å². The molecule has 1 atom stereocenters. The van der Waals surface area contributed by atoms with E-state index < -0.39 is 0 Å². The van der Waals surface area contributed by atoms with Crippen molar-refractivity contribution in [1.29, 1.82) is 5.26 Å². The molecule has 0 N–H and O–H groups in total. The lowest BCUT2D eigenvalue weighted by Gasteiger charge is -2.36. The number of rotatable bonds is 4. The molecule has 0 amide bonds. The smallest absolute Gasteiger partial charge is 0.0976 e. The first-order valence-corrected chi connectivity index (χ1v) is 7.69. The van der Waals surface area contributed by atoms with Gasteiger partial charge in [-0.25, -0.2) is 0 Å². The predicted molar refractivity (Wildman–Crippen MR) is 83.0 cm³/mol. The fraction of sp³-hybridized carbons (Fsp3) is 0.533. The summed E-state index contributed by atoms with van der Waals surface area (Å²) in [5, 5.41) is 10.5. The van der Waals surface area contributed by atoms with Crippen LogP contribution in [0.5, 0.6) is 0 Å². The summed E-state index contributed by atoms with van der Waals surface area (Å²) in [7, 11) is 0. The topological polar surface area (TPSA) is 30.3 Å². The highest BCUT2D eigenvalue weighted by atomic mass is 35.5. The van der Waals surface area contributed by atoms with Gasteiger partial charge >= 0.3 is 0 Å². The van der Waals surface area contributed by atoms with Gasteiger partial charge in [0.2, 0.25) is 0 Å². The first-order chi connectivity index (χ1) is 9.63. The molecule has 0 aliphatic carbocycles. The monoisotopic (exact) mass is 311 g/mol. The second kappa shape index (κ2) is 7.28. The first-order valence-electron chi connectivity index (χ1n) is 6.94. The summed E-state index contributed by atoms with van der Waals surface area (Å²) in [4.78, 5) is 4.63. The van der Waals surface area contributed by atoms with Gasteiger partial charge in [0.1, 0.15) is 0 Å². The molecule has 0 radical (unpaired) electrons. The molecule has 0 saturated carbocycles. The van der Waals surface area contributed by atoms with E-state index in [4.69, 9.17) is 28.5 Å². The van der Waals surface area contributed by atoms with Gasteiger partial charge in [0, 0.05) is 42.8 Å². The fourth-order valence-corrected chi connectivity index (χ4v) is 3.02. The highest BCUT2D eigenvalue weighted by Crippen LogP contribution is 2.23. The van der Waals surface area contributed by atoms with Gasteiger partial charge in [0.15, 0.2) is 0 Å². The lowest BCUT2D eigenvalue weighted by atomic mass is 10.1. The zero-order chi connectivity index (χ0) is 14.5. The molecule has 1 unspecified atom stereocenters. The fourth-order valence-electron chi connectivity index (χ4n) is 2.56. The molecule has 1 aliphatic heterocycles. The van der Waals surface area contributed by atoms with Crippen LogP contribution in [0.4, 0.5) is 0 Å². The third-order valence-corrected chi connectivity index (χ3v) is 4.38. The Kier molecular flexibility index (Phi) is 5.68. The molecule has 1 fully saturated rings. The minimum atomic E-state index is 0.0521. The normalized spacial score (nSPS) is 18.7. The van der Waals surface area contributed by atoms with E-state index in [1.54, 1.807) is 6.07 Å². The Bertz CT molecular complexity index is 490. The Morgan fingerprint density at radius 2 is 1.95 bits per heavy atom. The lowest BCUT2D eigenvalue weighted by molar-refractivity contribution is 0.108. The van der Waals surface area contributed by atoms with Crippen molar-refractivity contribution in [2.45, 2.75) is 25.9 Å². The summed E-state index contributed by atoms with van der Waals surface area (Å²) < 4.78 is 0. The van der Waals surface area contributed by atoms with Crippen molar-refractivity contribution in [2.75, 3.05) is 26.2 Å². The van der Waals surface area contributed by atoms with Crippen LogP contribution in [-0.4, -0.2) is 42.0 Å². The lowest BCUT2D eigenvalue weighted by Crippen LogP contribution is -2.49. The second-order valence-electron chi connectivity index (χ2n) is 5.10. The molecule has 1 aliphatic rings. The zero-order valence-electron chi connectivity index (χ0n) is 11.6. The molecular weight excluding hydrogens is 293 g/mol. The Morgan fingerprint density at radius 1 is 1.25 bits per heavy atom. The Labute approximate surface area is 130 Å². The average molecular weight is 312 g/mol. The Morgan fingerprint density at radius 3 is 2.50 bits per heavy atom. The molecule has 20 heavy (non-hydrogen) atoms. The van der Waals surface area contributed by atoms with E-state index in [0.29, 0.717) is 5.02 Å². The molecule has 0 spiro atoms. The average Bonchev–Trinajstić information content (AvgIpc) is 2.45. The van der Waals surface area contributed by atoms with Gasteiger partial charge in [-0.2, -0.15) is 5.26 Å². The summed E-state index contributed by atoms with van der Waals surface area (Å²) in [5.41, 5.74) is 1.11. The molecule has 1 heterocycles. The summed E-state index contributed by atoms with van der Waals surface area (Å²) in [6.45, 7) is 6.73. The number of nitriles is 1.